The summed E-state index contributed by atoms with van der Waals surface area (Å²) < 4.78 is 13.9. The Morgan fingerprint density at radius 3 is 2.79 bits per heavy atom. The third-order valence-electron chi connectivity index (χ3n) is 7.68. The Labute approximate surface area is 197 Å². The van der Waals surface area contributed by atoms with Crippen LogP contribution in [0.15, 0.2) is 24.3 Å². The second-order valence-corrected chi connectivity index (χ2v) is 11.0. The van der Waals surface area contributed by atoms with E-state index in [2.05, 4.69) is 33.4 Å². The first-order chi connectivity index (χ1) is 15.9. The fraction of sp³-hybridized carbons (Fsp3) is 0.462. The predicted octanol–water partition coefficient (Wildman–Crippen LogP) is 4.64. The number of hydrogen-bond acceptors (Lipinski definition) is 6. The van der Waals surface area contributed by atoms with Crippen molar-refractivity contribution in [3.63, 3.8) is 0 Å². The molecule has 0 amide bonds. The van der Waals surface area contributed by atoms with Gasteiger partial charge in [-0.1, -0.05) is 6.07 Å². The Bertz CT molecular complexity index is 1240. The Morgan fingerprint density at radius 1 is 1.21 bits per heavy atom. The van der Waals surface area contributed by atoms with Crippen LogP contribution in [0.3, 0.4) is 0 Å². The van der Waals surface area contributed by atoms with Gasteiger partial charge in [-0.25, -0.2) is 9.37 Å². The van der Waals surface area contributed by atoms with Crippen molar-refractivity contribution >= 4 is 38.7 Å². The Morgan fingerprint density at radius 2 is 2.00 bits per heavy atom. The molecule has 0 saturated carbocycles. The molecule has 172 valence electrons. The average Bonchev–Trinajstić information content (AvgIpc) is 3.31. The number of rotatable bonds is 4. The number of ketones is 1. The number of thiophene rings is 1. The van der Waals surface area contributed by atoms with E-state index < -0.39 is 0 Å². The molecule has 2 unspecified atom stereocenters. The summed E-state index contributed by atoms with van der Waals surface area (Å²) in [5.74, 6) is -0.0282. The number of aromatic nitrogens is 1. The summed E-state index contributed by atoms with van der Waals surface area (Å²) >= 11 is 1.29. The highest BCUT2D eigenvalue weighted by molar-refractivity contribution is 7.21. The molecule has 3 atom stereocenters. The van der Waals surface area contributed by atoms with E-state index in [9.17, 15) is 9.18 Å². The molecule has 5 nitrogen and oxygen atoms in total. The molecule has 0 radical (unpaired) electrons. The van der Waals surface area contributed by atoms with E-state index in [4.69, 9.17) is 5.73 Å². The van der Waals surface area contributed by atoms with Crippen LogP contribution in [-0.2, 0) is 12.8 Å². The van der Waals surface area contributed by atoms with Crippen LogP contribution in [-0.4, -0.2) is 35.9 Å². The molecular formula is C26H29FN4OS. The number of hydrogen-bond donors (Lipinski definition) is 2. The van der Waals surface area contributed by atoms with E-state index in [0.29, 0.717) is 50.9 Å². The minimum atomic E-state index is -0.386. The number of pyridine rings is 1. The monoisotopic (exact) mass is 464 g/mol. The highest BCUT2D eigenvalue weighted by Gasteiger charge is 2.32. The number of piperazine rings is 1. The van der Waals surface area contributed by atoms with E-state index in [1.807, 2.05) is 0 Å². The lowest BCUT2D eigenvalue weighted by Crippen LogP contribution is -2.51. The van der Waals surface area contributed by atoms with Crippen LogP contribution in [0.4, 0.5) is 15.8 Å². The fourth-order valence-electron chi connectivity index (χ4n) is 5.86. The van der Waals surface area contributed by atoms with Gasteiger partial charge in [0.25, 0.3) is 0 Å². The molecule has 33 heavy (non-hydrogen) atoms. The van der Waals surface area contributed by atoms with Gasteiger partial charge in [-0.05, 0) is 74.3 Å². The van der Waals surface area contributed by atoms with Crippen molar-refractivity contribution in [2.75, 3.05) is 23.7 Å². The third-order valence-corrected chi connectivity index (χ3v) is 8.84. The first kappa shape index (κ1) is 21.1. The number of fused-ring (bicyclic) bond motifs is 4. The maximum Gasteiger partial charge on any atom is 0.175 e. The van der Waals surface area contributed by atoms with Crippen molar-refractivity contribution in [1.29, 1.82) is 0 Å². The molecule has 3 N–H and O–H groups in total. The molecule has 1 aliphatic carbocycles. The van der Waals surface area contributed by atoms with Crippen LogP contribution < -0.4 is 16.0 Å². The number of nitrogens with zero attached hydrogens (tertiary/aromatic N) is 2. The van der Waals surface area contributed by atoms with Crippen LogP contribution in [0.1, 0.15) is 52.2 Å². The second-order valence-electron chi connectivity index (χ2n) is 9.99. The quantitative estimate of drug-likeness (QED) is 0.550. The van der Waals surface area contributed by atoms with Crippen molar-refractivity contribution in [2.45, 2.75) is 57.5 Å². The number of halogens is 1. The molecule has 0 spiro atoms. The Balaban J connectivity index is 1.16. The van der Waals surface area contributed by atoms with Crippen LogP contribution in [0, 0.1) is 18.7 Å². The summed E-state index contributed by atoms with van der Waals surface area (Å²) in [7, 11) is 0. The standard InChI is InChI=1S/C26H29FN4OS/c1-14-22(27)11-21-24(28)25(33-26(21)29-14)23(32)9-15-2-3-17-10-20(7-4-16(17)8-15)31-12-18-5-6-19(13-31)30-18/h4,7,10-11,15,18-19,30H,2-3,5-6,8-9,12-13,28H2,1H3/t15-,18?,19?/m0/s1. The maximum atomic E-state index is 13.9. The van der Waals surface area contributed by atoms with E-state index in [1.165, 1.54) is 47.1 Å². The van der Waals surface area contributed by atoms with Gasteiger partial charge in [0.15, 0.2) is 5.78 Å². The van der Waals surface area contributed by atoms with Gasteiger partial charge in [-0.2, -0.15) is 0 Å². The van der Waals surface area contributed by atoms with Crippen molar-refractivity contribution in [1.82, 2.24) is 10.3 Å². The summed E-state index contributed by atoms with van der Waals surface area (Å²) in [6.07, 6.45) is 5.99. The average molecular weight is 465 g/mol. The predicted molar refractivity (Wildman–Crippen MR) is 132 cm³/mol. The largest absolute Gasteiger partial charge is 0.397 e. The fourth-order valence-corrected chi connectivity index (χ4v) is 6.93. The molecule has 6 rings (SSSR count). The van der Waals surface area contributed by atoms with Gasteiger partial charge >= 0.3 is 0 Å². The lowest BCUT2D eigenvalue weighted by molar-refractivity contribution is 0.0962. The van der Waals surface area contributed by atoms with E-state index in [0.717, 1.165) is 32.4 Å². The van der Waals surface area contributed by atoms with Gasteiger partial charge in [0.2, 0.25) is 0 Å². The number of Topliss-reactive ketones (excluding diaryl/α,β-unsaturated/α-hetero) is 1. The lowest BCUT2D eigenvalue weighted by Gasteiger charge is -2.35. The normalized spacial score (nSPS) is 24.3. The molecule has 2 fully saturated rings. The minimum absolute atomic E-state index is 0.0509. The van der Waals surface area contributed by atoms with Gasteiger partial charge in [-0.3, -0.25) is 4.79 Å². The SMILES string of the molecule is Cc1nc2sc(C(=O)C[C@H]3CCc4cc(N5CC6CCC(C5)N6)ccc4C3)c(N)c2cc1F. The zero-order valence-corrected chi connectivity index (χ0v) is 19.7. The van der Waals surface area contributed by atoms with Gasteiger partial charge in [-0.15, -0.1) is 11.3 Å². The van der Waals surface area contributed by atoms with E-state index >= 15 is 0 Å². The molecule has 2 saturated heterocycles. The van der Waals surface area contributed by atoms with Gasteiger partial charge in [0.05, 0.1) is 16.3 Å². The Hall–Kier alpha value is -2.51. The number of nitrogens with two attached hydrogens (primary N) is 1. The van der Waals surface area contributed by atoms with Gasteiger partial charge in [0.1, 0.15) is 10.6 Å². The molecule has 1 aromatic carbocycles. The van der Waals surface area contributed by atoms with Crippen LogP contribution in [0.5, 0.6) is 0 Å². The number of nitrogen functional groups attached to an aromatic ring is 1. The first-order valence-electron chi connectivity index (χ1n) is 12.0. The highest BCUT2D eigenvalue weighted by atomic mass is 32.1. The smallest absolute Gasteiger partial charge is 0.175 e. The van der Waals surface area contributed by atoms with Crippen LogP contribution in [0.2, 0.25) is 0 Å². The summed E-state index contributed by atoms with van der Waals surface area (Å²) in [5.41, 5.74) is 11.1. The Kier molecular flexibility index (Phi) is 5.14. The molecule has 2 aliphatic heterocycles. The number of carbonyl (C=O) groups excluding carboxylic acids is 1. The number of benzene rings is 1. The number of aryl methyl sites for hydroxylation is 2. The van der Waals surface area contributed by atoms with E-state index in [1.54, 1.807) is 6.92 Å². The van der Waals surface area contributed by atoms with Crippen molar-refractivity contribution in [3.8, 4) is 0 Å². The molecule has 2 bridgehead atoms. The second kappa shape index (κ2) is 8.06. The summed E-state index contributed by atoms with van der Waals surface area (Å²) in [4.78, 5) is 21.1. The molecule has 4 heterocycles. The topological polar surface area (TPSA) is 71.2 Å². The molecule has 2 aromatic heterocycles. The number of nitrogens with one attached hydrogen (secondary N) is 1. The van der Waals surface area contributed by atoms with E-state index in [-0.39, 0.29) is 11.6 Å². The summed E-state index contributed by atoms with van der Waals surface area (Å²) in [6.45, 7) is 3.83. The van der Waals surface area contributed by atoms with Gasteiger partial charge < -0.3 is 16.0 Å². The minimum Gasteiger partial charge on any atom is -0.397 e. The van der Waals surface area contributed by atoms with Crippen molar-refractivity contribution in [2.24, 2.45) is 5.92 Å². The van der Waals surface area contributed by atoms with Crippen molar-refractivity contribution in [3.05, 3.63) is 51.8 Å². The molecular weight excluding hydrogens is 435 g/mol. The van der Waals surface area contributed by atoms with Crippen LogP contribution in [0.25, 0.3) is 10.2 Å². The molecule has 3 aromatic rings. The van der Waals surface area contributed by atoms with Gasteiger partial charge in [0, 0.05) is 42.7 Å². The number of anilines is 2. The third kappa shape index (κ3) is 3.81. The molecule has 7 heteroatoms. The lowest BCUT2D eigenvalue weighted by atomic mass is 9.81. The number of carbonyl (C=O) groups is 1. The van der Waals surface area contributed by atoms with Crippen LogP contribution >= 0.6 is 11.3 Å². The maximum absolute atomic E-state index is 13.9. The molecule has 3 aliphatic rings. The highest BCUT2D eigenvalue weighted by Crippen LogP contribution is 2.37. The first-order valence-corrected chi connectivity index (χ1v) is 12.8. The van der Waals surface area contributed by atoms with Crippen molar-refractivity contribution < 1.29 is 9.18 Å². The zero-order chi connectivity index (χ0) is 22.7. The summed E-state index contributed by atoms with van der Waals surface area (Å²) in [6, 6.07) is 9.58. The zero-order valence-electron chi connectivity index (χ0n) is 18.9. The summed E-state index contributed by atoms with van der Waals surface area (Å²) in [5, 5.41) is 4.25.